The molecule has 1 aliphatic rings. The molecule has 2 atom stereocenters. The highest BCUT2D eigenvalue weighted by atomic mass is 16.4. The van der Waals surface area contributed by atoms with Gasteiger partial charge in [0.15, 0.2) is 0 Å². The van der Waals surface area contributed by atoms with Crippen LogP contribution in [0.1, 0.15) is 25.7 Å². The lowest BCUT2D eigenvalue weighted by molar-refractivity contribution is -0.143. The van der Waals surface area contributed by atoms with E-state index in [0.717, 1.165) is 29.6 Å². The first kappa shape index (κ1) is 17.3. The van der Waals surface area contributed by atoms with E-state index in [0.29, 0.717) is 18.5 Å². The number of fused-ring (bicyclic) bond motifs is 1. The Morgan fingerprint density at radius 3 is 2.56 bits per heavy atom. The van der Waals surface area contributed by atoms with Crippen molar-refractivity contribution in [3.63, 3.8) is 0 Å². The number of carboxylic acids is 1. The molecule has 2 N–H and O–H groups in total. The fourth-order valence-electron chi connectivity index (χ4n) is 3.77. The number of nitrogens with one attached hydrogen (secondary N) is 1. The number of aromatic nitrogens is 2. The van der Waals surface area contributed by atoms with Gasteiger partial charge in [-0.3, -0.25) is 14.2 Å². The van der Waals surface area contributed by atoms with Crippen LogP contribution in [0.3, 0.4) is 0 Å². The summed E-state index contributed by atoms with van der Waals surface area (Å²) in [6, 6.07) is 15.5. The number of benzene rings is 2. The lowest BCUT2D eigenvalue weighted by atomic mass is 9.81. The third-order valence-corrected chi connectivity index (χ3v) is 5.26. The van der Waals surface area contributed by atoms with Crippen molar-refractivity contribution < 1.29 is 14.7 Å². The van der Waals surface area contributed by atoms with Crippen LogP contribution in [0, 0.1) is 11.8 Å². The van der Waals surface area contributed by atoms with E-state index in [1.54, 1.807) is 6.33 Å². The number of hydrogen-bond donors (Lipinski definition) is 2. The van der Waals surface area contributed by atoms with Crippen molar-refractivity contribution in [3.05, 3.63) is 54.9 Å². The largest absolute Gasteiger partial charge is 0.481 e. The number of carbonyl (C=O) groups is 2. The maximum absolute atomic E-state index is 12.5. The second-order valence-electron chi connectivity index (χ2n) is 7.04. The van der Waals surface area contributed by atoms with E-state index < -0.39 is 11.9 Å². The summed E-state index contributed by atoms with van der Waals surface area (Å²) in [5, 5.41) is 12.1. The first-order chi connectivity index (χ1) is 13.1. The fourth-order valence-corrected chi connectivity index (χ4v) is 3.77. The number of para-hydroxylation sites is 2. The van der Waals surface area contributed by atoms with Crippen molar-refractivity contribution in [1.29, 1.82) is 0 Å². The molecule has 0 bridgehead atoms. The molecule has 1 fully saturated rings. The third-order valence-electron chi connectivity index (χ3n) is 5.26. The molecule has 1 saturated carbocycles. The molecular weight excluding hydrogens is 342 g/mol. The van der Waals surface area contributed by atoms with Gasteiger partial charge in [-0.2, -0.15) is 0 Å². The zero-order valence-corrected chi connectivity index (χ0v) is 14.8. The topological polar surface area (TPSA) is 84.2 Å². The SMILES string of the molecule is O=C(O)C1CCCC(C(=O)Nc2ccc(-n3cnc4ccccc43)cc2)C1. The highest BCUT2D eigenvalue weighted by Gasteiger charge is 2.31. The van der Waals surface area contributed by atoms with Gasteiger partial charge in [-0.1, -0.05) is 18.6 Å². The van der Waals surface area contributed by atoms with Gasteiger partial charge in [-0.05, 0) is 55.7 Å². The maximum Gasteiger partial charge on any atom is 0.306 e. The van der Waals surface area contributed by atoms with E-state index in [4.69, 9.17) is 0 Å². The van der Waals surface area contributed by atoms with Crippen molar-refractivity contribution in [2.75, 3.05) is 5.32 Å². The molecule has 0 saturated heterocycles. The summed E-state index contributed by atoms with van der Waals surface area (Å²) in [6.07, 6.45) is 4.38. The lowest BCUT2D eigenvalue weighted by Gasteiger charge is -2.25. The Morgan fingerprint density at radius 1 is 1.04 bits per heavy atom. The third kappa shape index (κ3) is 3.56. The average Bonchev–Trinajstić information content (AvgIpc) is 3.13. The molecule has 6 heteroatoms. The molecule has 2 aromatic carbocycles. The molecule has 6 nitrogen and oxygen atoms in total. The lowest BCUT2D eigenvalue weighted by Crippen LogP contribution is -2.30. The van der Waals surface area contributed by atoms with Crippen LogP contribution in [0.2, 0.25) is 0 Å². The minimum Gasteiger partial charge on any atom is -0.481 e. The summed E-state index contributed by atoms with van der Waals surface area (Å²) < 4.78 is 2.00. The minimum absolute atomic E-state index is 0.0956. The van der Waals surface area contributed by atoms with Gasteiger partial charge in [0.1, 0.15) is 6.33 Å². The molecule has 0 aliphatic heterocycles. The summed E-state index contributed by atoms with van der Waals surface area (Å²) in [7, 11) is 0. The van der Waals surface area contributed by atoms with Gasteiger partial charge in [0, 0.05) is 17.3 Å². The number of rotatable bonds is 4. The Bertz CT molecular complexity index is 978. The molecule has 27 heavy (non-hydrogen) atoms. The van der Waals surface area contributed by atoms with Crippen LogP contribution in [0.5, 0.6) is 0 Å². The van der Waals surface area contributed by atoms with Gasteiger partial charge in [0.2, 0.25) is 5.91 Å². The highest BCUT2D eigenvalue weighted by molar-refractivity contribution is 5.93. The molecule has 1 aliphatic carbocycles. The number of carboxylic acid groups (broad SMARTS) is 1. The van der Waals surface area contributed by atoms with Crippen LogP contribution >= 0.6 is 0 Å². The molecule has 138 valence electrons. The van der Waals surface area contributed by atoms with Gasteiger partial charge in [-0.15, -0.1) is 0 Å². The number of hydrogen-bond acceptors (Lipinski definition) is 3. The minimum atomic E-state index is -0.801. The maximum atomic E-state index is 12.5. The summed E-state index contributed by atoms with van der Waals surface area (Å²) >= 11 is 0. The van der Waals surface area contributed by atoms with Crippen molar-refractivity contribution in [1.82, 2.24) is 9.55 Å². The molecule has 1 amide bonds. The van der Waals surface area contributed by atoms with E-state index >= 15 is 0 Å². The molecule has 0 radical (unpaired) electrons. The molecular formula is C21H21N3O3. The predicted octanol–water partition coefficient (Wildman–Crippen LogP) is 3.86. The van der Waals surface area contributed by atoms with Crippen molar-refractivity contribution in [2.24, 2.45) is 11.8 Å². The molecule has 0 spiro atoms. The summed E-state index contributed by atoms with van der Waals surface area (Å²) in [4.78, 5) is 28.1. The van der Waals surface area contributed by atoms with Gasteiger partial charge in [-0.25, -0.2) is 4.98 Å². The van der Waals surface area contributed by atoms with E-state index in [-0.39, 0.29) is 11.8 Å². The van der Waals surface area contributed by atoms with Gasteiger partial charge < -0.3 is 10.4 Å². The van der Waals surface area contributed by atoms with Gasteiger partial charge in [0.25, 0.3) is 0 Å². The van der Waals surface area contributed by atoms with Crippen LogP contribution in [0.15, 0.2) is 54.9 Å². The first-order valence-corrected chi connectivity index (χ1v) is 9.18. The smallest absolute Gasteiger partial charge is 0.306 e. The Kier molecular flexibility index (Phi) is 4.62. The van der Waals surface area contributed by atoms with E-state index in [2.05, 4.69) is 10.3 Å². The van der Waals surface area contributed by atoms with Crippen molar-refractivity contribution in [3.8, 4) is 5.69 Å². The van der Waals surface area contributed by atoms with E-state index in [9.17, 15) is 14.7 Å². The second-order valence-corrected chi connectivity index (χ2v) is 7.04. The van der Waals surface area contributed by atoms with Crippen LogP contribution in [-0.4, -0.2) is 26.5 Å². The van der Waals surface area contributed by atoms with Crippen LogP contribution in [-0.2, 0) is 9.59 Å². The quantitative estimate of drug-likeness (QED) is 0.737. The fraction of sp³-hybridized carbons (Fsp3) is 0.286. The Morgan fingerprint density at radius 2 is 1.78 bits per heavy atom. The number of aliphatic carboxylic acids is 1. The normalized spacial score (nSPS) is 19.7. The molecule has 3 aromatic rings. The number of nitrogens with zero attached hydrogens (tertiary/aromatic N) is 2. The molecule has 4 rings (SSSR count). The van der Waals surface area contributed by atoms with E-state index in [1.165, 1.54) is 0 Å². The van der Waals surface area contributed by atoms with Crippen molar-refractivity contribution in [2.45, 2.75) is 25.7 Å². The van der Waals surface area contributed by atoms with Gasteiger partial charge in [0.05, 0.1) is 17.0 Å². The number of amides is 1. The highest BCUT2D eigenvalue weighted by Crippen LogP contribution is 2.30. The molecule has 1 heterocycles. The van der Waals surface area contributed by atoms with Crippen LogP contribution in [0.4, 0.5) is 5.69 Å². The van der Waals surface area contributed by atoms with Crippen LogP contribution in [0.25, 0.3) is 16.7 Å². The van der Waals surface area contributed by atoms with E-state index in [1.807, 2.05) is 53.1 Å². The average molecular weight is 363 g/mol. The number of carbonyl (C=O) groups excluding carboxylic acids is 1. The first-order valence-electron chi connectivity index (χ1n) is 9.18. The Balaban J connectivity index is 1.46. The number of imidazole rings is 1. The summed E-state index contributed by atoms with van der Waals surface area (Å²) in [6.45, 7) is 0. The van der Waals surface area contributed by atoms with Crippen molar-refractivity contribution >= 4 is 28.6 Å². The summed E-state index contributed by atoms with van der Waals surface area (Å²) in [5.41, 5.74) is 3.63. The number of anilines is 1. The van der Waals surface area contributed by atoms with Gasteiger partial charge >= 0.3 is 5.97 Å². The predicted molar refractivity (Wildman–Crippen MR) is 103 cm³/mol. The zero-order valence-electron chi connectivity index (χ0n) is 14.8. The zero-order chi connectivity index (χ0) is 18.8. The summed E-state index contributed by atoms with van der Waals surface area (Å²) in [5.74, 6) is -1.55. The van der Waals surface area contributed by atoms with Crippen LogP contribution < -0.4 is 5.32 Å². The standard InChI is InChI=1S/C21H21N3O3/c25-20(14-4-3-5-15(12-14)21(26)27)23-16-8-10-17(11-9-16)24-13-22-18-6-1-2-7-19(18)24/h1-2,6-11,13-15H,3-5,12H2,(H,23,25)(H,26,27). The second kappa shape index (κ2) is 7.23. The Hall–Kier alpha value is -3.15. The molecule has 1 aromatic heterocycles. The Labute approximate surface area is 156 Å². The molecule has 2 unspecified atom stereocenters. The monoisotopic (exact) mass is 363 g/mol.